The monoisotopic (exact) mass is 896 g/mol. The Balaban J connectivity index is 1.12. The van der Waals surface area contributed by atoms with Crippen LogP contribution in [0.5, 0.6) is 5.75 Å². The summed E-state index contributed by atoms with van der Waals surface area (Å²) in [7, 11) is -5.02. The second-order valence-electron chi connectivity index (χ2n) is 16.4. The van der Waals surface area contributed by atoms with Gasteiger partial charge in [0.2, 0.25) is 0 Å². The average molecular weight is 897 g/mol. The van der Waals surface area contributed by atoms with Crippen LogP contribution in [0.15, 0.2) is 120 Å². The van der Waals surface area contributed by atoms with Gasteiger partial charge in [0.05, 0.1) is 5.54 Å². The summed E-state index contributed by atoms with van der Waals surface area (Å²) >= 11 is 1.23. The lowest BCUT2D eigenvalue weighted by molar-refractivity contribution is -0.218. The van der Waals surface area contributed by atoms with E-state index in [1.54, 1.807) is 16.3 Å². The third-order valence-electron chi connectivity index (χ3n) is 10.4. The van der Waals surface area contributed by atoms with Crippen LogP contribution in [-0.2, 0) is 52.4 Å². The lowest BCUT2D eigenvalue weighted by Gasteiger charge is -2.50. The molecular formula is C45H48N6O10S2. The number of amides is 3. The number of carbonyl (C=O) groups is 3. The van der Waals surface area contributed by atoms with Crippen LogP contribution in [0.2, 0.25) is 0 Å². The number of nitrogens with one attached hydrogen (secondary N) is 2. The Hall–Kier alpha value is -6.34. The van der Waals surface area contributed by atoms with Gasteiger partial charge in [-0.2, -0.15) is 13.5 Å². The van der Waals surface area contributed by atoms with Crippen molar-refractivity contribution < 1.29 is 45.9 Å². The number of hydrogen-bond acceptors (Lipinski definition) is 13. The summed E-state index contributed by atoms with van der Waals surface area (Å²) in [6.45, 7) is 9.29. The van der Waals surface area contributed by atoms with Gasteiger partial charge in [0.1, 0.15) is 35.2 Å². The van der Waals surface area contributed by atoms with Crippen molar-refractivity contribution in [2.75, 3.05) is 25.1 Å². The highest BCUT2D eigenvalue weighted by molar-refractivity contribution is 7.80. The van der Waals surface area contributed by atoms with Gasteiger partial charge in [0, 0.05) is 18.5 Å². The van der Waals surface area contributed by atoms with Crippen LogP contribution in [-0.4, -0.2) is 88.5 Å². The van der Waals surface area contributed by atoms with Crippen LogP contribution in [0.1, 0.15) is 68.1 Å². The fourth-order valence-electron chi connectivity index (χ4n) is 7.41. The normalized spacial score (nSPS) is 16.4. The molecule has 0 radical (unpaired) electrons. The largest absolute Gasteiger partial charge is 0.490 e. The zero-order valence-corrected chi connectivity index (χ0v) is 36.9. The maximum atomic E-state index is 14.1. The van der Waals surface area contributed by atoms with Crippen molar-refractivity contribution >= 4 is 50.5 Å². The summed E-state index contributed by atoms with van der Waals surface area (Å²) in [6.07, 6.45) is 0.263. The van der Waals surface area contributed by atoms with Gasteiger partial charge in [-0.3, -0.25) is 14.1 Å². The molecule has 1 atom stereocenters. The molecule has 16 nitrogen and oxygen atoms in total. The van der Waals surface area contributed by atoms with E-state index in [0.717, 1.165) is 27.8 Å². The Morgan fingerprint density at radius 1 is 0.905 bits per heavy atom. The van der Waals surface area contributed by atoms with E-state index >= 15 is 0 Å². The van der Waals surface area contributed by atoms with Crippen LogP contribution >= 0.6 is 11.3 Å². The summed E-state index contributed by atoms with van der Waals surface area (Å²) in [5.74, 6) is -1.18. The Kier molecular flexibility index (Phi) is 12.9. The van der Waals surface area contributed by atoms with Crippen LogP contribution in [0, 0.1) is 0 Å². The molecule has 0 bridgehead atoms. The maximum Gasteiger partial charge on any atom is 0.418 e. The third-order valence-corrected chi connectivity index (χ3v) is 11.5. The number of carbonyl (C=O) groups excluding carboxylic acids is 3. The summed E-state index contributed by atoms with van der Waals surface area (Å²) in [6, 6.07) is 34.1. The first-order valence-electron chi connectivity index (χ1n) is 20.1. The van der Waals surface area contributed by atoms with Gasteiger partial charge in [0.25, 0.3) is 11.8 Å². The van der Waals surface area contributed by atoms with Gasteiger partial charge in [-0.15, -0.1) is 15.6 Å². The highest BCUT2D eigenvalue weighted by Gasteiger charge is 2.58. The first kappa shape index (κ1) is 44.7. The second-order valence-corrected chi connectivity index (χ2v) is 18.3. The van der Waals surface area contributed by atoms with Crippen LogP contribution in [0.3, 0.4) is 0 Å². The summed E-state index contributed by atoms with van der Waals surface area (Å²) in [5, 5.41) is 13.0. The number of ether oxygens (including phenoxy) is 2. The first-order valence-corrected chi connectivity index (χ1v) is 22.3. The van der Waals surface area contributed by atoms with E-state index < -0.39 is 44.9 Å². The molecule has 1 fully saturated rings. The molecule has 0 unspecified atom stereocenters. The lowest BCUT2D eigenvalue weighted by atomic mass is 9.77. The Labute approximate surface area is 369 Å². The zero-order valence-electron chi connectivity index (χ0n) is 35.3. The molecule has 2 aliphatic rings. The second kappa shape index (κ2) is 18.2. The van der Waals surface area contributed by atoms with Crippen molar-refractivity contribution in [3.8, 4) is 5.75 Å². The van der Waals surface area contributed by atoms with Gasteiger partial charge in [-0.05, 0) is 81.0 Å². The van der Waals surface area contributed by atoms with Gasteiger partial charge < -0.3 is 29.8 Å². The minimum atomic E-state index is -5.02. The lowest BCUT2D eigenvalue weighted by Crippen LogP contribution is -2.76. The first-order chi connectivity index (χ1) is 29.9. The number of nitrogens with zero attached hydrogens (tertiary/aromatic N) is 4. The van der Waals surface area contributed by atoms with Crippen LogP contribution < -0.4 is 15.4 Å². The molecule has 4 aromatic carbocycles. The molecule has 330 valence electrons. The molecule has 3 heterocycles. The van der Waals surface area contributed by atoms with E-state index in [1.807, 2.05) is 124 Å². The number of β-lactam (4-membered cyclic amide) rings is 1. The summed E-state index contributed by atoms with van der Waals surface area (Å²) in [5.41, 5.74) is 1.75. The van der Waals surface area contributed by atoms with Crippen molar-refractivity contribution in [2.24, 2.45) is 5.16 Å². The molecule has 0 aliphatic carbocycles. The minimum Gasteiger partial charge on any atom is -0.490 e. The highest BCUT2D eigenvalue weighted by atomic mass is 32.3. The number of aromatic nitrogens is 1. The number of thiazole rings is 1. The molecule has 5 aromatic rings. The molecule has 0 saturated carbocycles. The fraction of sp³-hybridized carbons (Fsp3) is 0.311. The van der Waals surface area contributed by atoms with Crippen molar-refractivity contribution in [1.29, 1.82) is 0 Å². The Bertz CT molecular complexity index is 2490. The molecule has 18 heteroatoms. The van der Waals surface area contributed by atoms with Gasteiger partial charge in [-0.25, -0.2) is 9.78 Å². The quantitative estimate of drug-likeness (QED) is 0.0259. The molecule has 0 spiro atoms. The van der Waals surface area contributed by atoms with Crippen molar-refractivity contribution in [3.63, 3.8) is 0 Å². The maximum absolute atomic E-state index is 14.1. The van der Waals surface area contributed by atoms with E-state index in [1.165, 1.54) is 25.2 Å². The Morgan fingerprint density at radius 3 is 2.06 bits per heavy atom. The number of fused-ring (bicyclic) bond motifs is 1. The van der Waals surface area contributed by atoms with E-state index in [4.69, 9.17) is 19.3 Å². The molecule has 3 amide bonds. The van der Waals surface area contributed by atoms with Crippen LogP contribution in [0.25, 0.3) is 0 Å². The number of benzene rings is 4. The SMILES string of the molecule is CC(C)(C)OC(=O)N1CCc2cc(OCCO/N=C(\C(=O)N[C@@H]3C(=O)N(OS(=O)(=O)O)C3(C)C)c3csc(NC(c4ccccc4)(c4ccccc4)c4ccccc4)n3)ccc2C1. The number of oxime groups is 1. The summed E-state index contributed by atoms with van der Waals surface area (Å²) in [4.78, 5) is 51.9. The Morgan fingerprint density at radius 2 is 1.51 bits per heavy atom. The van der Waals surface area contributed by atoms with Gasteiger partial charge in [-0.1, -0.05) is 102 Å². The predicted octanol–water partition coefficient (Wildman–Crippen LogP) is 6.48. The average Bonchev–Trinajstić information content (AvgIpc) is 3.72. The highest BCUT2D eigenvalue weighted by Crippen LogP contribution is 2.41. The standard InChI is InChI=1S/C45H48N6O10S2/c1-43(2,3)60-42(54)50-24-23-30-27-35(22-21-31(30)28-50)58-25-26-59-49-37(39(52)47-38-40(53)51(44(38,4)5)61-63(55,56)57)36-29-62-41(46-36)48-45(32-15-9-6-10-16-32,33-17-11-7-12-18-33)34-19-13-8-14-20-34/h6-22,27,29,38H,23-26,28H2,1-5H3,(H,46,48)(H,47,52)(H,55,56,57)/b49-37-/t38-/m1/s1. The fourth-order valence-corrected chi connectivity index (χ4v) is 8.62. The number of hydrogen-bond donors (Lipinski definition) is 3. The topological polar surface area (TPSA) is 198 Å². The van der Waals surface area contributed by atoms with E-state index in [9.17, 15) is 27.4 Å². The van der Waals surface area contributed by atoms with Crippen LogP contribution in [0.4, 0.5) is 9.93 Å². The molecule has 7 rings (SSSR count). The molecule has 1 saturated heterocycles. The minimum absolute atomic E-state index is 0.0505. The molecule has 1 aromatic heterocycles. The molecule has 63 heavy (non-hydrogen) atoms. The van der Waals surface area contributed by atoms with Gasteiger partial charge >= 0.3 is 16.5 Å². The predicted molar refractivity (Wildman–Crippen MR) is 235 cm³/mol. The molecule has 2 aliphatic heterocycles. The van der Waals surface area contributed by atoms with Gasteiger partial charge in [0.15, 0.2) is 17.5 Å². The van der Waals surface area contributed by atoms with Crippen molar-refractivity contribution in [2.45, 2.75) is 70.3 Å². The molecule has 3 N–H and O–H groups in total. The van der Waals surface area contributed by atoms with E-state index in [-0.39, 0.29) is 30.7 Å². The number of anilines is 1. The summed E-state index contributed by atoms with van der Waals surface area (Å²) < 4.78 is 48.1. The van der Waals surface area contributed by atoms with E-state index in [0.29, 0.717) is 35.5 Å². The molecular weight excluding hydrogens is 849 g/mol. The number of hydroxylamine groups is 2. The van der Waals surface area contributed by atoms with E-state index in [2.05, 4.69) is 20.1 Å². The number of rotatable bonds is 15. The smallest absolute Gasteiger partial charge is 0.418 e. The third kappa shape index (κ3) is 10.1. The van der Waals surface area contributed by atoms with Crippen molar-refractivity contribution in [1.82, 2.24) is 20.3 Å². The zero-order chi connectivity index (χ0) is 45.0. The van der Waals surface area contributed by atoms with Crippen molar-refractivity contribution in [3.05, 3.63) is 148 Å².